The van der Waals surface area contributed by atoms with E-state index in [1.807, 2.05) is 0 Å². The summed E-state index contributed by atoms with van der Waals surface area (Å²) in [5.41, 5.74) is 7.20. The molecule has 88 valence electrons. The smallest absolute Gasteiger partial charge is 0.259 e. The third-order valence-electron chi connectivity index (χ3n) is 2.26. The Morgan fingerprint density at radius 1 is 1.41 bits per heavy atom. The standard InChI is InChI=1S/C12H12N2O3/c1-16-11-6-9(13)2-3-10(11)14-12(15)8-4-5-17-7-8/h2-7H,13H2,1H3,(H,14,15). The summed E-state index contributed by atoms with van der Waals surface area (Å²) in [4.78, 5) is 11.8. The molecule has 0 saturated carbocycles. The average molecular weight is 232 g/mol. The lowest BCUT2D eigenvalue weighted by atomic mass is 10.2. The Labute approximate surface area is 98.2 Å². The van der Waals surface area contributed by atoms with Crippen LogP contribution >= 0.6 is 0 Å². The van der Waals surface area contributed by atoms with Gasteiger partial charge in [-0.05, 0) is 18.2 Å². The predicted molar refractivity (Wildman–Crippen MR) is 64.1 cm³/mol. The van der Waals surface area contributed by atoms with Gasteiger partial charge in [0.1, 0.15) is 12.0 Å². The number of hydrogen-bond donors (Lipinski definition) is 2. The Hall–Kier alpha value is -2.43. The summed E-state index contributed by atoms with van der Waals surface area (Å²) in [5, 5.41) is 2.71. The van der Waals surface area contributed by atoms with E-state index in [1.165, 1.54) is 19.6 Å². The molecule has 17 heavy (non-hydrogen) atoms. The van der Waals surface area contributed by atoms with Crippen LogP contribution in [0.1, 0.15) is 10.4 Å². The first-order chi connectivity index (χ1) is 8.20. The van der Waals surface area contributed by atoms with E-state index in [0.717, 1.165) is 0 Å². The van der Waals surface area contributed by atoms with Crippen LogP contribution in [0.2, 0.25) is 0 Å². The van der Waals surface area contributed by atoms with Crippen molar-refractivity contribution in [3.8, 4) is 5.75 Å². The number of hydrogen-bond acceptors (Lipinski definition) is 4. The van der Waals surface area contributed by atoms with Gasteiger partial charge in [0.05, 0.1) is 24.6 Å². The molecular formula is C12H12N2O3. The van der Waals surface area contributed by atoms with Crippen molar-refractivity contribution in [3.05, 3.63) is 42.4 Å². The quantitative estimate of drug-likeness (QED) is 0.794. The molecule has 3 N–H and O–H groups in total. The summed E-state index contributed by atoms with van der Waals surface area (Å²) in [6.45, 7) is 0. The van der Waals surface area contributed by atoms with Crippen molar-refractivity contribution in [2.24, 2.45) is 0 Å². The molecule has 0 fully saturated rings. The van der Waals surface area contributed by atoms with Crippen molar-refractivity contribution in [3.63, 3.8) is 0 Å². The van der Waals surface area contributed by atoms with E-state index in [0.29, 0.717) is 22.7 Å². The summed E-state index contributed by atoms with van der Waals surface area (Å²) in [5.74, 6) is 0.253. The van der Waals surface area contributed by atoms with Crippen molar-refractivity contribution in [2.75, 3.05) is 18.2 Å². The molecule has 0 aliphatic rings. The molecular weight excluding hydrogens is 220 g/mol. The minimum absolute atomic E-state index is 0.262. The van der Waals surface area contributed by atoms with E-state index in [9.17, 15) is 4.79 Å². The van der Waals surface area contributed by atoms with Gasteiger partial charge in [-0.2, -0.15) is 0 Å². The van der Waals surface area contributed by atoms with Gasteiger partial charge >= 0.3 is 0 Å². The van der Waals surface area contributed by atoms with Gasteiger partial charge < -0.3 is 20.2 Å². The molecule has 0 aliphatic heterocycles. The zero-order valence-electron chi connectivity index (χ0n) is 9.27. The van der Waals surface area contributed by atoms with Gasteiger partial charge in [0.2, 0.25) is 0 Å². The van der Waals surface area contributed by atoms with Crippen LogP contribution in [0.25, 0.3) is 0 Å². The number of anilines is 2. The topological polar surface area (TPSA) is 77.5 Å². The lowest BCUT2D eigenvalue weighted by Crippen LogP contribution is -2.11. The summed E-state index contributed by atoms with van der Waals surface area (Å²) < 4.78 is 9.96. The van der Waals surface area contributed by atoms with E-state index in [-0.39, 0.29) is 5.91 Å². The second-order valence-corrected chi connectivity index (χ2v) is 3.43. The Bertz CT molecular complexity index is 521. The highest BCUT2D eigenvalue weighted by Gasteiger charge is 2.10. The number of nitrogens with one attached hydrogen (secondary N) is 1. The number of nitrogens with two attached hydrogens (primary N) is 1. The van der Waals surface area contributed by atoms with Crippen LogP contribution in [0.5, 0.6) is 5.75 Å². The highest BCUT2D eigenvalue weighted by molar-refractivity contribution is 6.04. The highest BCUT2D eigenvalue weighted by atomic mass is 16.5. The first-order valence-electron chi connectivity index (χ1n) is 4.98. The Balaban J connectivity index is 2.21. The first-order valence-corrected chi connectivity index (χ1v) is 4.98. The minimum Gasteiger partial charge on any atom is -0.494 e. The largest absolute Gasteiger partial charge is 0.494 e. The number of ether oxygens (including phenoxy) is 1. The maximum absolute atomic E-state index is 11.8. The number of methoxy groups -OCH3 is 1. The highest BCUT2D eigenvalue weighted by Crippen LogP contribution is 2.26. The summed E-state index contributed by atoms with van der Waals surface area (Å²) in [7, 11) is 1.52. The number of carbonyl (C=O) groups is 1. The van der Waals surface area contributed by atoms with Crippen LogP contribution in [-0.4, -0.2) is 13.0 Å². The number of nitrogen functional groups attached to an aromatic ring is 1. The lowest BCUT2D eigenvalue weighted by Gasteiger charge is -2.09. The number of rotatable bonds is 3. The van der Waals surface area contributed by atoms with Crippen molar-refractivity contribution < 1.29 is 13.9 Å². The van der Waals surface area contributed by atoms with Gasteiger partial charge in [-0.15, -0.1) is 0 Å². The van der Waals surface area contributed by atoms with Crippen molar-refractivity contribution in [1.29, 1.82) is 0 Å². The fourth-order valence-corrected chi connectivity index (χ4v) is 1.40. The third kappa shape index (κ3) is 2.39. The zero-order valence-corrected chi connectivity index (χ0v) is 9.27. The molecule has 0 unspecified atom stereocenters. The SMILES string of the molecule is COc1cc(N)ccc1NC(=O)c1ccoc1. The fraction of sp³-hybridized carbons (Fsp3) is 0.0833. The molecule has 0 spiro atoms. The van der Waals surface area contributed by atoms with E-state index >= 15 is 0 Å². The molecule has 0 bridgehead atoms. The van der Waals surface area contributed by atoms with Crippen molar-refractivity contribution >= 4 is 17.3 Å². The molecule has 5 nitrogen and oxygen atoms in total. The fourth-order valence-electron chi connectivity index (χ4n) is 1.40. The molecule has 0 saturated heterocycles. The van der Waals surface area contributed by atoms with Crippen LogP contribution in [0, 0.1) is 0 Å². The predicted octanol–water partition coefficient (Wildman–Crippen LogP) is 2.12. The molecule has 0 atom stereocenters. The number of furan rings is 1. The molecule has 1 aromatic heterocycles. The molecule has 1 aromatic carbocycles. The van der Waals surface area contributed by atoms with Gasteiger partial charge in [0.25, 0.3) is 5.91 Å². The van der Waals surface area contributed by atoms with E-state index in [4.69, 9.17) is 14.9 Å². The van der Waals surface area contributed by atoms with Crippen LogP contribution in [-0.2, 0) is 0 Å². The Morgan fingerprint density at radius 2 is 2.24 bits per heavy atom. The maximum atomic E-state index is 11.8. The Kier molecular flexibility index (Phi) is 3.00. The normalized spacial score (nSPS) is 9.94. The summed E-state index contributed by atoms with van der Waals surface area (Å²) in [6, 6.07) is 6.60. The van der Waals surface area contributed by atoms with E-state index < -0.39 is 0 Å². The van der Waals surface area contributed by atoms with Crippen LogP contribution in [0.4, 0.5) is 11.4 Å². The third-order valence-corrected chi connectivity index (χ3v) is 2.26. The molecule has 1 heterocycles. The number of benzene rings is 1. The van der Waals surface area contributed by atoms with Gasteiger partial charge in [-0.25, -0.2) is 0 Å². The zero-order chi connectivity index (χ0) is 12.3. The monoisotopic (exact) mass is 232 g/mol. The molecule has 2 rings (SSSR count). The summed E-state index contributed by atoms with van der Waals surface area (Å²) in [6.07, 6.45) is 2.81. The van der Waals surface area contributed by atoms with Crippen molar-refractivity contribution in [1.82, 2.24) is 0 Å². The van der Waals surface area contributed by atoms with Gasteiger partial charge in [-0.1, -0.05) is 0 Å². The van der Waals surface area contributed by atoms with Gasteiger partial charge in [0, 0.05) is 11.8 Å². The van der Waals surface area contributed by atoms with E-state index in [2.05, 4.69) is 5.32 Å². The first kappa shape index (κ1) is 11.1. The van der Waals surface area contributed by atoms with Gasteiger partial charge in [0.15, 0.2) is 0 Å². The minimum atomic E-state index is -0.262. The second-order valence-electron chi connectivity index (χ2n) is 3.43. The number of carbonyl (C=O) groups excluding carboxylic acids is 1. The van der Waals surface area contributed by atoms with Crippen LogP contribution in [0.3, 0.4) is 0 Å². The van der Waals surface area contributed by atoms with Gasteiger partial charge in [-0.3, -0.25) is 4.79 Å². The van der Waals surface area contributed by atoms with Crippen LogP contribution < -0.4 is 15.8 Å². The Morgan fingerprint density at radius 3 is 2.88 bits per heavy atom. The lowest BCUT2D eigenvalue weighted by molar-refractivity contribution is 0.102. The average Bonchev–Trinajstić information content (AvgIpc) is 2.85. The molecule has 2 aromatic rings. The molecule has 0 aliphatic carbocycles. The summed E-state index contributed by atoms with van der Waals surface area (Å²) >= 11 is 0. The van der Waals surface area contributed by atoms with E-state index in [1.54, 1.807) is 24.3 Å². The second kappa shape index (κ2) is 4.61. The molecule has 5 heteroatoms. The maximum Gasteiger partial charge on any atom is 0.259 e. The van der Waals surface area contributed by atoms with Crippen LogP contribution in [0.15, 0.2) is 41.2 Å². The molecule has 0 radical (unpaired) electrons. The number of amides is 1. The van der Waals surface area contributed by atoms with Crippen molar-refractivity contribution in [2.45, 2.75) is 0 Å². The molecule has 1 amide bonds.